The molecule has 0 bridgehead atoms. The third-order valence-corrected chi connectivity index (χ3v) is 3.38. The molecule has 0 radical (unpaired) electrons. The lowest BCUT2D eigenvalue weighted by Crippen LogP contribution is -2.32. The second-order valence-corrected chi connectivity index (χ2v) is 4.80. The summed E-state index contributed by atoms with van der Waals surface area (Å²) in [6.07, 6.45) is 3.49. The summed E-state index contributed by atoms with van der Waals surface area (Å²) in [4.78, 5) is 4.33. The van der Waals surface area contributed by atoms with Crippen LogP contribution in [0.15, 0.2) is 35.1 Å². The molecule has 102 valence electrons. The number of hydrogen-bond donors (Lipinski definition) is 2. The zero-order chi connectivity index (χ0) is 13.7. The van der Waals surface area contributed by atoms with Crippen molar-refractivity contribution in [1.29, 1.82) is 0 Å². The third kappa shape index (κ3) is 3.19. The average Bonchev–Trinajstić information content (AvgIpc) is 2.80. The molecule has 0 aliphatic carbocycles. The Morgan fingerprint density at radius 1 is 1.53 bits per heavy atom. The van der Waals surface area contributed by atoms with Gasteiger partial charge in [0.05, 0.1) is 35.2 Å². The monoisotopic (exact) mass is 325 g/mol. The Bertz CT molecular complexity index is 516. The van der Waals surface area contributed by atoms with E-state index in [9.17, 15) is 0 Å². The molecule has 0 aliphatic rings. The maximum Gasteiger partial charge on any atom is 0.106 e. The fourth-order valence-corrected chi connectivity index (χ4v) is 2.39. The van der Waals surface area contributed by atoms with Gasteiger partial charge in [0.1, 0.15) is 6.04 Å². The van der Waals surface area contributed by atoms with Crippen LogP contribution >= 0.6 is 15.9 Å². The first kappa shape index (κ1) is 14.1. The van der Waals surface area contributed by atoms with Gasteiger partial charge in [-0.15, -0.1) is 0 Å². The topological polar surface area (TPSA) is 78.0 Å². The normalized spacial score (nSPS) is 12.6. The standard InChI is InChI=1S/C12H16BrN5O/c1-19-7-6-18-12(9(13)8-16-18)11(17-14)10-4-2-3-5-15-10/h2-5,8,11,17H,6-7,14H2,1H3. The van der Waals surface area contributed by atoms with Crippen LogP contribution in [-0.2, 0) is 11.3 Å². The van der Waals surface area contributed by atoms with Crippen LogP contribution in [0.5, 0.6) is 0 Å². The minimum atomic E-state index is -0.227. The summed E-state index contributed by atoms with van der Waals surface area (Å²) in [5.74, 6) is 5.68. The van der Waals surface area contributed by atoms with E-state index >= 15 is 0 Å². The molecule has 2 rings (SSSR count). The second kappa shape index (κ2) is 6.76. The van der Waals surface area contributed by atoms with Crippen LogP contribution in [-0.4, -0.2) is 28.5 Å². The number of aromatic nitrogens is 3. The Labute approximate surface area is 120 Å². The van der Waals surface area contributed by atoms with Crippen molar-refractivity contribution in [2.24, 2.45) is 5.84 Å². The molecule has 0 amide bonds. The van der Waals surface area contributed by atoms with E-state index in [2.05, 4.69) is 31.4 Å². The molecule has 7 heteroatoms. The number of halogens is 1. The molecule has 0 aromatic carbocycles. The molecule has 2 aromatic heterocycles. The van der Waals surface area contributed by atoms with Crippen molar-refractivity contribution in [2.45, 2.75) is 12.6 Å². The van der Waals surface area contributed by atoms with Crippen LogP contribution in [0, 0.1) is 0 Å². The predicted octanol–water partition coefficient (Wildman–Crippen LogP) is 1.24. The summed E-state index contributed by atoms with van der Waals surface area (Å²) in [5, 5.41) is 4.31. The highest BCUT2D eigenvalue weighted by Crippen LogP contribution is 2.26. The van der Waals surface area contributed by atoms with Gasteiger partial charge < -0.3 is 4.74 Å². The molecule has 0 spiro atoms. The zero-order valence-corrected chi connectivity index (χ0v) is 12.2. The Morgan fingerprint density at radius 3 is 3.00 bits per heavy atom. The number of ether oxygens (including phenoxy) is 1. The minimum absolute atomic E-state index is 0.227. The molecule has 0 aliphatic heterocycles. The van der Waals surface area contributed by atoms with Gasteiger partial charge in [0.15, 0.2) is 0 Å². The van der Waals surface area contributed by atoms with Gasteiger partial charge in [-0.05, 0) is 28.1 Å². The third-order valence-electron chi connectivity index (χ3n) is 2.76. The van der Waals surface area contributed by atoms with Gasteiger partial charge in [0.2, 0.25) is 0 Å². The fourth-order valence-electron chi connectivity index (χ4n) is 1.87. The van der Waals surface area contributed by atoms with Gasteiger partial charge in [-0.25, -0.2) is 5.43 Å². The fraction of sp³-hybridized carbons (Fsp3) is 0.333. The summed E-state index contributed by atoms with van der Waals surface area (Å²) in [6, 6.07) is 5.49. The molecule has 0 fully saturated rings. The van der Waals surface area contributed by atoms with Crippen molar-refractivity contribution in [2.75, 3.05) is 13.7 Å². The highest BCUT2D eigenvalue weighted by atomic mass is 79.9. The van der Waals surface area contributed by atoms with Crippen molar-refractivity contribution in [3.63, 3.8) is 0 Å². The number of pyridine rings is 1. The molecule has 0 saturated heterocycles. The van der Waals surface area contributed by atoms with Crippen LogP contribution in [0.3, 0.4) is 0 Å². The zero-order valence-electron chi connectivity index (χ0n) is 10.6. The van der Waals surface area contributed by atoms with Crippen LogP contribution < -0.4 is 11.3 Å². The molecule has 3 N–H and O–H groups in total. The highest BCUT2D eigenvalue weighted by Gasteiger charge is 2.21. The lowest BCUT2D eigenvalue weighted by Gasteiger charge is -2.18. The molecule has 19 heavy (non-hydrogen) atoms. The van der Waals surface area contributed by atoms with E-state index in [1.807, 2.05) is 22.9 Å². The number of rotatable bonds is 6. The van der Waals surface area contributed by atoms with E-state index in [0.29, 0.717) is 13.2 Å². The van der Waals surface area contributed by atoms with Gasteiger partial charge in [-0.1, -0.05) is 6.07 Å². The van der Waals surface area contributed by atoms with Crippen molar-refractivity contribution < 1.29 is 4.74 Å². The summed E-state index contributed by atoms with van der Waals surface area (Å²) in [6.45, 7) is 1.24. The lowest BCUT2D eigenvalue weighted by atomic mass is 10.1. The van der Waals surface area contributed by atoms with Crippen molar-refractivity contribution >= 4 is 15.9 Å². The maximum atomic E-state index is 5.68. The SMILES string of the molecule is COCCn1ncc(Br)c1C(NN)c1ccccn1. The van der Waals surface area contributed by atoms with Gasteiger partial charge in [0, 0.05) is 13.3 Å². The quantitative estimate of drug-likeness (QED) is 0.617. The first-order valence-corrected chi connectivity index (χ1v) is 6.64. The number of methoxy groups -OCH3 is 1. The Hall–Kier alpha value is -1.28. The molecular formula is C12H16BrN5O. The smallest absolute Gasteiger partial charge is 0.106 e. The van der Waals surface area contributed by atoms with Crippen LogP contribution in [0.1, 0.15) is 17.4 Å². The van der Waals surface area contributed by atoms with E-state index in [0.717, 1.165) is 15.9 Å². The van der Waals surface area contributed by atoms with Crippen molar-refractivity contribution in [3.05, 3.63) is 46.5 Å². The molecule has 6 nitrogen and oxygen atoms in total. The van der Waals surface area contributed by atoms with E-state index in [-0.39, 0.29) is 6.04 Å². The van der Waals surface area contributed by atoms with Crippen molar-refractivity contribution in [3.8, 4) is 0 Å². The van der Waals surface area contributed by atoms with Crippen LogP contribution in [0.25, 0.3) is 0 Å². The number of nitrogens with one attached hydrogen (secondary N) is 1. The molecule has 0 saturated carbocycles. The average molecular weight is 326 g/mol. The minimum Gasteiger partial charge on any atom is -0.383 e. The number of nitrogens with zero attached hydrogens (tertiary/aromatic N) is 3. The molecule has 2 aromatic rings. The summed E-state index contributed by atoms with van der Waals surface area (Å²) < 4.78 is 7.83. The largest absolute Gasteiger partial charge is 0.383 e. The van der Waals surface area contributed by atoms with E-state index < -0.39 is 0 Å². The number of hydrogen-bond acceptors (Lipinski definition) is 5. The second-order valence-electron chi connectivity index (χ2n) is 3.95. The molecule has 2 heterocycles. The Balaban J connectivity index is 2.35. The van der Waals surface area contributed by atoms with E-state index in [1.54, 1.807) is 19.5 Å². The first-order valence-electron chi connectivity index (χ1n) is 5.85. The number of hydrazine groups is 1. The van der Waals surface area contributed by atoms with Crippen molar-refractivity contribution in [1.82, 2.24) is 20.2 Å². The van der Waals surface area contributed by atoms with Crippen LogP contribution in [0.2, 0.25) is 0 Å². The Kier molecular flexibility index (Phi) is 5.03. The van der Waals surface area contributed by atoms with Gasteiger partial charge in [-0.2, -0.15) is 5.10 Å². The highest BCUT2D eigenvalue weighted by molar-refractivity contribution is 9.10. The van der Waals surface area contributed by atoms with Gasteiger partial charge in [0.25, 0.3) is 0 Å². The summed E-state index contributed by atoms with van der Waals surface area (Å²) >= 11 is 3.50. The molecule has 1 atom stereocenters. The van der Waals surface area contributed by atoms with E-state index in [1.165, 1.54) is 0 Å². The lowest BCUT2D eigenvalue weighted by molar-refractivity contribution is 0.182. The predicted molar refractivity (Wildman–Crippen MR) is 75.2 cm³/mol. The first-order chi connectivity index (χ1) is 9.27. The molecule has 1 unspecified atom stereocenters. The molecular weight excluding hydrogens is 310 g/mol. The van der Waals surface area contributed by atoms with Gasteiger partial charge >= 0.3 is 0 Å². The van der Waals surface area contributed by atoms with Crippen LogP contribution in [0.4, 0.5) is 0 Å². The summed E-state index contributed by atoms with van der Waals surface area (Å²) in [5.41, 5.74) is 4.55. The van der Waals surface area contributed by atoms with Gasteiger partial charge in [-0.3, -0.25) is 15.5 Å². The Morgan fingerprint density at radius 2 is 2.37 bits per heavy atom. The maximum absolute atomic E-state index is 5.68. The summed E-state index contributed by atoms with van der Waals surface area (Å²) in [7, 11) is 1.66. The number of nitrogens with two attached hydrogens (primary N) is 1. The van der Waals surface area contributed by atoms with E-state index in [4.69, 9.17) is 10.6 Å².